The van der Waals surface area contributed by atoms with E-state index in [0.29, 0.717) is 17.9 Å². The van der Waals surface area contributed by atoms with Gasteiger partial charge in [0, 0.05) is 22.4 Å². The van der Waals surface area contributed by atoms with Gasteiger partial charge in [-0.15, -0.1) is 11.3 Å². The Kier molecular flexibility index (Phi) is 5.56. The van der Waals surface area contributed by atoms with Crippen LogP contribution in [0.2, 0.25) is 0 Å². The number of hydrogen-bond donors (Lipinski definition) is 1. The summed E-state index contributed by atoms with van der Waals surface area (Å²) in [6, 6.07) is 9.15. The highest BCUT2D eigenvalue weighted by Gasteiger charge is 2.03. The lowest BCUT2D eigenvalue weighted by Gasteiger charge is -2.05. The summed E-state index contributed by atoms with van der Waals surface area (Å²) in [5.74, 6) is 0.352. The van der Waals surface area contributed by atoms with Crippen molar-refractivity contribution in [2.45, 2.75) is 33.4 Å². The summed E-state index contributed by atoms with van der Waals surface area (Å²) in [4.78, 5) is 2.45. The Hall–Kier alpha value is -1.39. The van der Waals surface area contributed by atoms with E-state index in [9.17, 15) is 4.39 Å². The predicted molar refractivity (Wildman–Crippen MR) is 81.8 cm³/mol. The summed E-state index contributed by atoms with van der Waals surface area (Å²) in [5, 5.41) is 3.37. The zero-order valence-electron chi connectivity index (χ0n) is 11.9. The third-order valence-electron chi connectivity index (χ3n) is 2.97. The van der Waals surface area contributed by atoms with E-state index in [1.165, 1.54) is 10.9 Å². The summed E-state index contributed by atoms with van der Waals surface area (Å²) in [7, 11) is 0. The van der Waals surface area contributed by atoms with Crippen LogP contribution in [0.5, 0.6) is 5.75 Å². The summed E-state index contributed by atoms with van der Waals surface area (Å²) in [6.07, 6.45) is 1.14. The van der Waals surface area contributed by atoms with Crippen molar-refractivity contribution < 1.29 is 9.13 Å². The molecule has 1 aromatic carbocycles. The van der Waals surface area contributed by atoms with Gasteiger partial charge in [-0.3, -0.25) is 0 Å². The number of nitrogens with one attached hydrogen (secondary N) is 1. The third-order valence-corrected chi connectivity index (χ3v) is 4.03. The minimum Gasteiger partial charge on any atom is -0.488 e. The van der Waals surface area contributed by atoms with Crippen molar-refractivity contribution in [3.63, 3.8) is 0 Å². The van der Waals surface area contributed by atoms with Gasteiger partial charge < -0.3 is 10.1 Å². The molecule has 2 rings (SSSR count). The van der Waals surface area contributed by atoms with E-state index in [2.05, 4.69) is 24.4 Å². The van der Waals surface area contributed by atoms with Crippen LogP contribution < -0.4 is 10.1 Å². The van der Waals surface area contributed by atoms with Crippen LogP contribution in [0.1, 0.15) is 28.7 Å². The predicted octanol–water partition coefficient (Wildman–Crippen LogP) is 4.27. The summed E-state index contributed by atoms with van der Waals surface area (Å²) in [6.45, 7) is 6.32. The van der Waals surface area contributed by atoms with E-state index < -0.39 is 0 Å². The maximum atomic E-state index is 13.4. The van der Waals surface area contributed by atoms with Gasteiger partial charge in [0.05, 0.1) is 0 Å². The number of aryl methyl sites for hydroxylation is 1. The second-order valence-corrected chi connectivity index (χ2v) is 6.00. The molecule has 0 bridgehead atoms. The van der Waals surface area contributed by atoms with Crippen LogP contribution in [-0.2, 0) is 13.2 Å². The number of hydrogen-bond acceptors (Lipinski definition) is 3. The molecule has 0 atom stereocenters. The largest absolute Gasteiger partial charge is 0.488 e. The molecule has 0 unspecified atom stereocenters. The average Bonchev–Trinajstić information content (AvgIpc) is 2.88. The molecule has 1 heterocycles. The van der Waals surface area contributed by atoms with E-state index in [-0.39, 0.29) is 5.82 Å². The van der Waals surface area contributed by atoms with Gasteiger partial charge in [0.1, 0.15) is 18.2 Å². The van der Waals surface area contributed by atoms with Crippen molar-refractivity contribution in [1.82, 2.24) is 5.32 Å². The standard InChI is InChI=1S/C16H20FNOS/c1-3-8-18-10-14-6-7-15(20-14)11-19-13-5-4-12(2)16(17)9-13/h4-7,9,18H,3,8,10-11H2,1-2H3. The van der Waals surface area contributed by atoms with Crippen molar-refractivity contribution in [2.24, 2.45) is 0 Å². The molecule has 0 spiro atoms. The number of rotatable bonds is 7. The van der Waals surface area contributed by atoms with Crippen molar-refractivity contribution in [1.29, 1.82) is 0 Å². The van der Waals surface area contributed by atoms with Crippen molar-refractivity contribution in [2.75, 3.05) is 6.54 Å². The second-order valence-electron chi connectivity index (χ2n) is 4.74. The third kappa shape index (κ3) is 4.32. The fourth-order valence-electron chi connectivity index (χ4n) is 1.80. The van der Waals surface area contributed by atoms with Crippen LogP contribution in [0.15, 0.2) is 30.3 Å². The van der Waals surface area contributed by atoms with E-state index in [1.54, 1.807) is 30.4 Å². The molecule has 0 saturated heterocycles. The van der Waals surface area contributed by atoms with Gasteiger partial charge in [-0.05, 0) is 43.7 Å². The van der Waals surface area contributed by atoms with Crippen molar-refractivity contribution in [3.8, 4) is 5.75 Å². The van der Waals surface area contributed by atoms with Gasteiger partial charge in [-0.2, -0.15) is 0 Å². The number of benzene rings is 1. The van der Waals surface area contributed by atoms with Crippen molar-refractivity contribution in [3.05, 3.63) is 51.5 Å². The van der Waals surface area contributed by atoms with Crippen LogP contribution in [0.4, 0.5) is 4.39 Å². The first kappa shape index (κ1) is 15.0. The molecule has 1 aromatic heterocycles. The topological polar surface area (TPSA) is 21.3 Å². The zero-order valence-corrected chi connectivity index (χ0v) is 12.7. The highest BCUT2D eigenvalue weighted by molar-refractivity contribution is 7.11. The molecule has 0 aliphatic rings. The second kappa shape index (κ2) is 7.41. The SMILES string of the molecule is CCCNCc1ccc(COc2ccc(C)c(F)c2)s1. The molecule has 0 saturated carbocycles. The monoisotopic (exact) mass is 293 g/mol. The van der Waals surface area contributed by atoms with Crippen LogP contribution >= 0.6 is 11.3 Å². The Labute approximate surface area is 123 Å². The highest BCUT2D eigenvalue weighted by atomic mass is 32.1. The van der Waals surface area contributed by atoms with Crippen LogP contribution in [0, 0.1) is 12.7 Å². The van der Waals surface area contributed by atoms with E-state index >= 15 is 0 Å². The number of thiophene rings is 1. The molecule has 0 aliphatic heterocycles. The highest BCUT2D eigenvalue weighted by Crippen LogP contribution is 2.21. The molecule has 0 fully saturated rings. The quantitative estimate of drug-likeness (QED) is 0.770. The summed E-state index contributed by atoms with van der Waals surface area (Å²) >= 11 is 1.73. The lowest BCUT2D eigenvalue weighted by molar-refractivity contribution is 0.308. The van der Waals surface area contributed by atoms with E-state index in [0.717, 1.165) is 24.4 Å². The summed E-state index contributed by atoms with van der Waals surface area (Å²) in [5.41, 5.74) is 0.637. The lowest BCUT2D eigenvalue weighted by atomic mass is 10.2. The van der Waals surface area contributed by atoms with Gasteiger partial charge in [0.15, 0.2) is 0 Å². The maximum absolute atomic E-state index is 13.4. The van der Waals surface area contributed by atoms with Gasteiger partial charge in [0.25, 0.3) is 0 Å². The fourth-order valence-corrected chi connectivity index (χ4v) is 2.70. The molecule has 1 N–H and O–H groups in total. The average molecular weight is 293 g/mol. The molecule has 0 radical (unpaired) electrons. The first-order chi connectivity index (χ1) is 9.69. The van der Waals surface area contributed by atoms with Gasteiger partial charge in [0.2, 0.25) is 0 Å². The maximum Gasteiger partial charge on any atom is 0.129 e. The van der Waals surface area contributed by atoms with E-state index in [1.807, 2.05) is 0 Å². The molecule has 108 valence electrons. The Morgan fingerprint density at radius 2 is 2.00 bits per heavy atom. The Balaban J connectivity index is 1.85. The van der Waals surface area contributed by atoms with Crippen LogP contribution in [0.3, 0.4) is 0 Å². The first-order valence-corrected chi connectivity index (χ1v) is 7.68. The molecule has 0 aliphatic carbocycles. The van der Waals surface area contributed by atoms with Crippen molar-refractivity contribution >= 4 is 11.3 Å². The van der Waals surface area contributed by atoms with Crippen LogP contribution in [0.25, 0.3) is 0 Å². The van der Waals surface area contributed by atoms with E-state index in [4.69, 9.17) is 4.74 Å². The minimum absolute atomic E-state index is 0.224. The smallest absolute Gasteiger partial charge is 0.129 e. The molecule has 0 amide bonds. The van der Waals surface area contributed by atoms with Gasteiger partial charge >= 0.3 is 0 Å². The Morgan fingerprint density at radius 1 is 1.20 bits per heavy atom. The molecule has 2 nitrogen and oxygen atoms in total. The van der Waals surface area contributed by atoms with Crippen LogP contribution in [-0.4, -0.2) is 6.54 Å². The molecule has 4 heteroatoms. The zero-order chi connectivity index (χ0) is 14.4. The van der Waals surface area contributed by atoms with Gasteiger partial charge in [-0.1, -0.05) is 13.0 Å². The minimum atomic E-state index is -0.224. The Morgan fingerprint density at radius 3 is 2.75 bits per heavy atom. The fraction of sp³-hybridized carbons (Fsp3) is 0.375. The normalized spacial score (nSPS) is 10.8. The lowest BCUT2D eigenvalue weighted by Crippen LogP contribution is -2.12. The molecular weight excluding hydrogens is 273 g/mol. The summed E-state index contributed by atoms with van der Waals surface area (Å²) < 4.78 is 19.0. The first-order valence-electron chi connectivity index (χ1n) is 6.86. The molecule has 20 heavy (non-hydrogen) atoms. The molecular formula is C16H20FNOS. The number of ether oxygens (including phenoxy) is 1. The van der Waals surface area contributed by atoms with Gasteiger partial charge in [-0.25, -0.2) is 4.39 Å². The molecule has 2 aromatic rings. The Bertz CT molecular complexity index is 553. The number of halogens is 1.